The van der Waals surface area contributed by atoms with E-state index in [4.69, 9.17) is 14.2 Å². The number of hydrogen-bond acceptors (Lipinski definition) is 4. The van der Waals surface area contributed by atoms with Gasteiger partial charge in [0.25, 0.3) is 0 Å². The van der Waals surface area contributed by atoms with Crippen LogP contribution in [0.4, 0.5) is 0 Å². The van der Waals surface area contributed by atoms with E-state index in [0.717, 1.165) is 5.56 Å². The average molecular weight is 298 g/mol. The Morgan fingerprint density at radius 3 is 2.45 bits per heavy atom. The maximum Gasteiger partial charge on any atom is 0.338 e. The van der Waals surface area contributed by atoms with Crippen molar-refractivity contribution in [2.45, 2.75) is 6.10 Å². The van der Waals surface area contributed by atoms with E-state index < -0.39 is 0 Å². The second-order valence-electron chi connectivity index (χ2n) is 5.21. The Bertz CT molecular complexity index is 597. The smallest absolute Gasteiger partial charge is 0.338 e. The lowest BCUT2D eigenvalue weighted by Gasteiger charge is -2.31. The van der Waals surface area contributed by atoms with Gasteiger partial charge in [-0.15, -0.1) is 0 Å². The summed E-state index contributed by atoms with van der Waals surface area (Å²) in [5, 5.41) is 0. The first-order valence-electron chi connectivity index (χ1n) is 7.31. The van der Waals surface area contributed by atoms with Crippen molar-refractivity contribution in [1.29, 1.82) is 0 Å². The summed E-state index contributed by atoms with van der Waals surface area (Å²) in [7, 11) is 0. The summed E-state index contributed by atoms with van der Waals surface area (Å²) in [4.78, 5) is 12.0. The summed E-state index contributed by atoms with van der Waals surface area (Å²) in [5.74, 6) is -0.332. The van der Waals surface area contributed by atoms with Crippen molar-refractivity contribution < 1.29 is 19.0 Å². The predicted octanol–water partition coefficient (Wildman–Crippen LogP) is 3.21. The number of esters is 1. The van der Waals surface area contributed by atoms with Gasteiger partial charge in [0.15, 0.2) is 0 Å². The van der Waals surface area contributed by atoms with Gasteiger partial charge in [-0.25, -0.2) is 4.79 Å². The summed E-state index contributed by atoms with van der Waals surface area (Å²) in [6.45, 7) is 1.05. The number of carbonyl (C=O) groups excluding carboxylic acids is 1. The molecule has 2 aromatic carbocycles. The van der Waals surface area contributed by atoms with E-state index in [1.54, 1.807) is 12.1 Å². The normalized spacial score (nSPS) is 21.3. The van der Waals surface area contributed by atoms with E-state index in [9.17, 15) is 4.79 Å². The Balaban J connectivity index is 1.64. The highest BCUT2D eigenvalue weighted by molar-refractivity contribution is 5.89. The summed E-state index contributed by atoms with van der Waals surface area (Å²) < 4.78 is 16.5. The first-order chi connectivity index (χ1) is 10.8. The van der Waals surface area contributed by atoms with Crippen LogP contribution in [0.5, 0.6) is 0 Å². The molecule has 0 spiro atoms. The number of carbonyl (C=O) groups is 1. The molecule has 4 heteroatoms. The van der Waals surface area contributed by atoms with Crippen LogP contribution in [0, 0.1) is 5.92 Å². The molecule has 2 atom stereocenters. The maximum absolute atomic E-state index is 12.0. The number of rotatable bonds is 4. The van der Waals surface area contributed by atoms with Gasteiger partial charge in [0, 0.05) is 5.92 Å². The van der Waals surface area contributed by atoms with Gasteiger partial charge in [0.1, 0.15) is 6.79 Å². The van der Waals surface area contributed by atoms with Gasteiger partial charge in [-0.05, 0) is 17.7 Å². The number of ether oxygens (including phenoxy) is 3. The minimum atomic E-state index is -0.321. The van der Waals surface area contributed by atoms with Crippen molar-refractivity contribution in [2.24, 2.45) is 5.92 Å². The summed E-state index contributed by atoms with van der Waals surface area (Å²) in [5.41, 5.74) is 1.63. The van der Waals surface area contributed by atoms with Crippen molar-refractivity contribution in [3.8, 4) is 0 Å². The molecule has 1 fully saturated rings. The molecule has 0 aromatic heterocycles. The Kier molecular flexibility index (Phi) is 4.83. The van der Waals surface area contributed by atoms with Crippen LogP contribution >= 0.6 is 0 Å². The summed E-state index contributed by atoms with van der Waals surface area (Å²) in [6.07, 6.45) is -0.112. The molecule has 0 radical (unpaired) electrons. The van der Waals surface area contributed by atoms with Crippen molar-refractivity contribution in [2.75, 3.05) is 20.0 Å². The third-order valence-corrected chi connectivity index (χ3v) is 3.66. The lowest BCUT2D eigenvalue weighted by molar-refractivity contribution is -0.180. The van der Waals surface area contributed by atoms with Crippen LogP contribution in [0.2, 0.25) is 0 Å². The summed E-state index contributed by atoms with van der Waals surface area (Å²) >= 11 is 0. The van der Waals surface area contributed by atoms with Crippen molar-refractivity contribution >= 4 is 5.97 Å². The zero-order valence-corrected chi connectivity index (χ0v) is 12.2. The zero-order valence-electron chi connectivity index (χ0n) is 12.2. The van der Waals surface area contributed by atoms with E-state index in [1.807, 2.05) is 48.5 Å². The average Bonchev–Trinajstić information content (AvgIpc) is 2.61. The molecule has 0 saturated carbocycles. The predicted molar refractivity (Wildman–Crippen MR) is 81.3 cm³/mol. The van der Waals surface area contributed by atoms with Crippen LogP contribution in [0.25, 0.3) is 0 Å². The van der Waals surface area contributed by atoms with Gasteiger partial charge in [-0.3, -0.25) is 0 Å². The topological polar surface area (TPSA) is 44.8 Å². The zero-order chi connectivity index (χ0) is 15.2. The lowest BCUT2D eigenvalue weighted by Crippen LogP contribution is -2.32. The van der Waals surface area contributed by atoms with Gasteiger partial charge in [0.05, 0.1) is 24.9 Å². The third-order valence-electron chi connectivity index (χ3n) is 3.66. The Morgan fingerprint density at radius 2 is 1.73 bits per heavy atom. The molecular weight excluding hydrogens is 280 g/mol. The molecule has 1 aliphatic heterocycles. The fourth-order valence-corrected chi connectivity index (χ4v) is 2.53. The maximum atomic E-state index is 12.0. The molecule has 3 rings (SSSR count). The van der Waals surface area contributed by atoms with E-state index in [1.165, 1.54) is 0 Å². The molecule has 2 aromatic rings. The quantitative estimate of drug-likeness (QED) is 0.813. The van der Waals surface area contributed by atoms with Crippen molar-refractivity contribution in [3.05, 3.63) is 71.8 Å². The van der Waals surface area contributed by atoms with Crippen LogP contribution in [-0.2, 0) is 14.2 Å². The van der Waals surface area contributed by atoms with Gasteiger partial charge in [0.2, 0.25) is 0 Å². The second-order valence-corrected chi connectivity index (χ2v) is 5.21. The Morgan fingerprint density at radius 1 is 1.05 bits per heavy atom. The Hall–Kier alpha value is -2.17. The largest absolute Gasteiger partial charge is 0.462 e. The van der Waals surface area contributed by atoms with Gasteiger partial charge < -0.3 is 14.2 Å². The van der Waals surface area contributed by atoms with E-state index in [0.29, 0.717) is 12.2 Å². The molecule has 0 unspecified atom stereocenters. The highest BCUT2D eigenvalue weighted by Crippen LogP contribution is 2.30. The first kappa shape index (κ1) is 14.8. The number of hydrogen-bond donors (Lipinski definition) is 0. The molecule has 114 valence electrons. The van der Waals surface area contributed by atoms with E-state index in [2.05, 4.69) is 0 Å². The monoisotopic (exact) mass is 298 g/mol. The fraction of sp³-hybridized carbons (Fsp3) is 0.278. The standard InChI is InChI=1S/C18H18O4/c19-18(15-9-5-2-6-10-15)21-12-16-11-20-13-22-17(16)14-7-3-1-4-8-14/h1-10,16-17H,11-13H2/t16-,17+/m1/s1. The van der Waals surface area contributed by atoms with Crippen molar-refractivity contribution in [3.63, 3.8) is 0 Å². The minimum Gasteiger partial charge on any atom is -0.462 e. The molecule has 0 N–H and O–H groups in total. The fourth-order valence-electron chi connectivity index (χ4n) is 2.53. The third kappa shape index (κ3) is 3.53. The van der Waals surface area contributed by atoms with Crippen LogP contribution < -0.4 is 0 Å². The SMILES string of the molecule is O=C(OC[C@H]1COCO[C@H]1c1ccccc1)c1ccccc1. The van der Waals surface area contributed by atoms with Crippen LogP contribution in [0.3, 0.4) is 0 Å². The molecule has 22 heavy (non-hydrogen) atoms. The van der Waals surface area contributed by atoms with Crippen LogP contribution in [0.1, 0.15) is 22.0 Å². The molecule has 4 nitrogen and oxygen atoms in total. The molecule has 0 aliphatic carbocycles. The molecule has 1 heterocycles. The summed E-state index contributed by atoms with van der Waals surface area (Å²) in [6, 6.07) is 18.9. The first-order valence-corrected chi connectivity index (χ1v) is 7.31. The van der Waals surface area contributed by atoms with Crippen LogP contribution in [0.15, 0.2) is 60.7 Å². The molecule has 0 bridgehead atoms. The molecule has 1 saturated heterocycles. The number of benzene rings is 2. The lowest BCUT2D eigenvalue weighted by atomic mass is 9.96. The Labute approximate surface area is 129 Å². The second kappa shape index (κ2) is 7.20. The van der Waals surface area contributed by atoms with Gasteiger partial charge in [-0.2, -0.15) is 0 Å². The highest BCUT2D eigenvalue weighted by Gasteiger charge is 2.29. The van der Waals surface area contributed by atoms with Gasteiger partial charge >= 0.3 is 5.97 Å². The highest BCUT2D eigenvalue weighted by atomic mass is 16.7. The minimum absolute atomic E-state index is 0.0104. The van der Waals surface area contributed by atoms with E-state index >= 15 is 0 Å². The molecule has 1 aliphatic rings. The molecule has 0 amide bonds. The van der Waals surface area contributed by atoms with Crippen LogP contribution in [-0.4, -0.2) is 26.0 Å². The van der Waals surface area contributed by atoms with Gasteiger partial charge in [-0.1, -0.05) is 48.5 Å². The van der Waals surface area contributed by atoms with Crippen molar-refractivity contribution in [1.82, 2.24) is 0 Å². The molecular formula is C18H18O4. The van der Waals surface area contributed by atoms with E-state index in [-0.39, 0.29) is 31.4 Å².